The van der Waals surface area contributed by atoms with Crippen molar-refractivity contribution >= 4 is 5.97 Å². The van der Waals surface area contributed by atoms with E-state index in [4.69, 9.17) is 9.52 Å². The Bertz CT molecular complexity index is 372. The van der Waals surface area contributed by atoms with E-state index in [9.17, 15) is 18.0 Å². The third-order valence-corrected chi connectivity index (χ3v) is 1.78. The van der Waals surface area contributed by atoms with E-state index < -0.39 is 18.7 Å². The van der Waals surface area contributed by atoms with Crippen LogP contribution in [0.5, 0.6) is 0 Å². The summed E-state index contributed by atoms with van der Waals surface area (Å²) in [5.74, 6) is -0.988. The fourth-order valence-electron chi connectivity index (χ4n) is 1.20. The molecule has 0 radical (unpaired) electrons. The second kappa shape index (κ2) is 4.56. The van der Waals surface area contributed by atoms with Crippen molar-refractivity contribution in [3.8, 4) is 0 Å². The van der Waals surface area contributed by atoms with Crippen molar-refractivity contribution in [3.05, 3.63) is 23.7 Å². The Balaban J connectivity index is 2.56. The van der Waals surface area contributed by atoms with Gasteiger partial charge in [0.25, 0.3) is 0 Å². The molecule has 0 atom stereocenters. The average molecular weight is 237 g/mol. The zero-order valence-corrected chi connectivity index (χ0v) is 8.41. The number of halogens is 3. The summed E-state index contributed by atoms with van der Waals surface area (Å²) in [4.78, 5) is 11.5. The van der Waals surface area contributed by atoms with Gasteiger partial charge in [-0.05, 0) is 13.1 Å². The largest absolute Gasteiger partial charge is 0.478 e. The maximum absolute atomic E-state index is 12.0. The molecule has 0 fully saturated rings. The smallest absolute Gasteiger partial charge is 0.401 e. The number of carboxylic acids is 1. The first-order valence-electron chi connectivity index (χ1n) is 4.34. The number of carbonyl (C=O) groups is 1. The zero-order valence-electron chi connectivity index (χ0n) is 8.41. The van der Waals surface area contributed by atoms with Crippen LogP contribution in [0.3, 0.4) is 0 Å². The molecule has 1 N–H and O–H groups in total. The second-order valence-corrected chi connectivity index (χ2v) is 3.39. The number of hydrogen-bond donors (Lipinski definition) is 1. The van der Waals surface area contributed by atoms with Crippen molar-refractivity contribution in [2.75, 3.05) is 13.6 Å². The Morgan fingerprint density at radius 3 is 2.62 bits per heavy atom. The predicted octanol–water partition coefficient (Wildman–Crippen LogP) is 1.97. The quantitative estimate of drug-likeness (QED) is 0.869. The van der Waals surface area contributed by atoms with Gasteiger partial charge in [0.05, 0.1) is 18.7 Å². The highest BCUT2D eigenvalue weighted by Gasteiger charge is 2.29. The molecule has 1 rings (SSSR count). The summed E-state index contributed by atoms with van der Waals surface area (Å²) in [6.45, 7) is -1.16. The van der Waals surface area contributed by atoms with Crippen LogP contribution in [0.2, 0.25) is 0 Å². The Labute approximate surface area is 89.3 Å². The van der Waals surface area contributed by atoms with E-state index in [0.717, 1.165) is 11.2 Å². The standard InChI is InChI=1S/C9H10F3NO3/c1-13(5-9(10,11)12)3-7-2-6(4-16-7)8(14)15/h2,4H,3,5H2,1H3,(H,14,15). The SMILES string of the molecule is CN(Cc1cc(C(=O)O)co1)CC(F)(F)F. The van der Waals surface area contributed by atoms with Crippen LogP contribution >= 0.6 is 0 Å². The van der Waals surface area contributed by atoms with Gasteiger partial charge >= 0.3 is 12.1 Å². The molecule has 0 aliphatic rings. The van der Waals surface area contributed by atoms with Crippen molar-refractivity contribution < 1.29 is 27.5 Å². The Kier molecular flexibility index (Phi) is 3.58. The second-order valence-electron chi connectivity index (χ2n) is 3.39. The minimum absolute atomic E-state index is 0.0737. The van der Waals surface area contributed by atoms with Gasteiger partial charge in [0.2, 0.25) is 0 Å². The molecule has 0 spiro atoms. The monoisotopic (exact) mass is 237 g/mol. The minimum Gasteiger partial charge on any atom is -0.478 e. The zero-order chi connectivity index (χ0) is 12.3. The lowest BCUT2D eigenvalue weighted by Crippen LogP contribution is -2.30. The van der Waals surface area contributed by atoms with E-state index in [1.54, 1.807) is 0 Å². The predicted molar refractivity (Wildman–Crippen MR) is 48.1 cm³/mol. The van der Waals surface area contributed by atoms with Gasteiger partial charge in [-0.25, -0.2) is 4.79 Å². The van der Waals surface area contributed by atoms with Crippen LogP contribution < -0.4 is 0 Å². The van der Waals surface area contributed by atoms with E-state index >= 15 is 0 Å². The first-order chi connectivity index (χ1) is 7.28. The Morgan fingerprint density at radius 1 is 1.56 bits per heavy atom. The topological polar surface area (TPSA) is 53.7 Å². The first-order valence-corrected chi connectivity index (χ1v) is 4.34. The van der Waals surface area contributed by atoms with E-state index in [0.29, 0.717) is 0 Å². The number of aromatic carboxylic acids is 1. The van der Waals surface area contributed by atoms with Crippen LogP contribution in [-0.2, 0) is 6.54 Å². The maximum Gasteiger partial charge on any atom is 0.401 e. The van der Waals surface area contributed by atoms with Crippen LogP contribution in [0.4, 0.5) is 13.2 Å². The summed E-state index contributed by atoms with van der Waals surface area (Å²) >= 11 is 0. The lowest BCUT2D eigenvalue weighted by molar-refractivity contribution is -0.144. The molecule has 0 saturated heterocycles. The van der Waals surface area contributed by atoms with Crippen molar-refractivity contribution in [1.29, 1.82) is 0 Å². The van der Waals surface area contributed by atoms with Gasteiger partial charge in [-0.2, -0.15) is 13.2 Å². The molecule has 0 saturated carbocycles. The van der Waals surface area contributed by atoms with E-state index in [2.05, 4.69) is 0 Å². The van der Waals surface area contributed by atoms with Gasteiger partial charge in [-0.15, -0.1) is 0 Å². The molecule has 0 unspecified atom stereocenters. The molecule has 90 valence electrons. The van der Waals surface area contributed by atoms with Gasteiger partial charge in [0.1, 0.15) is 12.0 Å². The molecule has 7 heteroatoms. The average Bonchev–Trinajstić information content (AvgIpc) is 2.48. The first kappa shape index (κ1) is 12.6. The number of nitrogens with zero attached hydrogens (tertiary/aromatic N) is 1. The fraction of sp³-hybridized carbons (Fsp3) is 0.444. The lowest BCUT2D eigenvalue weighted by Gasteiger charge is -2.16. The van der Waals surface area contributed by atoms with E-state index in [1.807, 2.05) is 0 Å². The molecule has 0 bridgehead atoms. The van der Waals surface area contributed by atoms with Crippen molar-refractivity contribution in [2.45, 2.75) is 12.7 Å². The summed E-state index contributed by atoms with van der Waals surface area (Å²) in [7, 11) is 1.27. The molecule has 1 aromatic heterocycles. The molecule has 0 aliphatic heterocycles. The molecular formula is C9H10F3NO3. The summed E-state index contributed by atoms with van der Waals surface area (Å²) in [6, 6.07) is 1.20. The Morgan fingerprint density at radius 2 is 2.19 bits per heavy atom. The van der Waals surface area contributed by atoms with Crippen LogP contribution in [0.25, 0.3) is 0 Å². The molecular weight excluding hydrogens is 227 g/mol. The van der Waals surface area contributed by atoms with E-state index in [-0.39, 0.29) is 17.9 Å². The molecule has 1 heterocycles. The van der Waals surface area contributed by atoms with Crippen LogP contribution in [0.15, 0.2) is 16.7 Å². The van der Waals surface area contributed by atoms with Gasteiger partial charge in [-0.1, -0.05) is 0 Å². The fourth-order valence-corrected chi connectivity index (χ4v) is 1.20. The normalized spacial score (nSPS) is 12.1. The van der Waals surface area contributed by atoms with Gasteiger partial charge in [0.15, 0.2) is 0 Å². The molecule has 0 aromatic carbocycles. The highest BCUT2D eigenvalue weighted by molar-refractivity contribution is 5.87. The highest BCUT2D eigenvalue weighted by atomic mass is 19.4. The van der Waals surface area contributed by atoms with Crippen molar-refractivity contribution in [1.82, 2.24) is 4.90 Å². The number of carboxylic acid groups (broad SMARTS) is 1. The van der Waals surface area contributed by atoms with Crippen LogP contribution in [-0.4, -0.2) is 35.7 Å². The van der Waals surface area contributed by atoms with Gasteiger partial charge in [0, 0.05) is 0 Å². The molecule has 0 amide bonds. The minimum atomic E-state index is -4.28. The maximum atomic E-state index is 12.0. The highest BCUT2D eigenvalue weighted by Crippen LogP contribution is 2.17. The Hall–Kier alpha value is -1.50. The third kappa shape index (κ3) is 3.93. The summed E-state index contributed by atoms with van der Waals surface area (Å²) in [5.41, 5.74) is -0.0737. The van der Waals surface area contributed by atoms with E-state index in [1.165, 1.54) is 13.1 Å². The number of hydrogen-bond acceptors (Lipinski definition) is 3. The molecule has 4 nitrogen and oxygen atoms in total. The number of rotatable bonds is 4. The van der Waals surface area contributed by atoms with Crippen LogP contribution in [0, 0.1) is 0 Å². The van der Waals surface area contributed by atoms with Gasteiger partial charge in [-0.3, -0.25) is 4.90 Å². The van der Waals surface area contributed by atoms with Crippen molar-refractivity contribution in [2.24, 2.45) is 0 Å². The molecule has 1 aromatic rings. The summed E-state index contributed by atoms with van der Waals surface area (Å²) in [5, 5.41) is 8.57. The van der Waals surface area contributed by atoms with Gasteiger partial charge < -0.3 is 9.52 Å². The molecule has 0 aliphatic carbocycles. The molecule has 16 heavy (non-hydrogen) atoms. The summed E-state index contributed by atoms with van der Waals surface area (Å²) < 4.78 is 40.7. The number of furan rings is 1. The summed E-state index contributed by atoms with van der Waals surface area (Å²) in [6.07, 6.45) is -3.28. The third-order valence-electron chi connectivity index (χ3n) is 1.78. The van der Waals surface area contributed by atoms with Crippen molar-refractivity contribution in [3.63, 3.8) is 0 Å². The lowest BCUT2D eigenvalue weighted by atomic mass is 10.3. The van der Waals surface area contributed by atoms with Crippen LogP contribution in [0.1, 0.15) is 16.1 Å². The number of alkyl halides is 3.